The maximum absolute atomic E-state index is 6.09. The summed E-state index contributed by atoms with van der Waals surface area (Å²) in [5, 5.41) is 12.9. The van der Waals surface area contributed by atoms with Gasteiger partial charge in [-0.2, -0.15) is 0 Å². The molecule has 26 heavy (non-hydrogen) atoms. The van der Waals surface area contributed by atoms with E-state index in [-0.39, 0.29) is 0 Å². The molecular weight excluding hydrogens is 371 g/mol. The Hall–Kier alpha value is -2.31. The Balaban J connectivity index is 1.57. The molecule has 1 aromatic carbocycles. The highest BCUT2D eigenvalue weighted by atomic mass is 35.5. The smallest absolute Gasteiger partial charge is 0.193 e. The normalized spacial score (nSPS) is 11.8. The second-order valence-electron chi connectivity index (χ2n) is 5.87. The number of benzene rings is 1. The second kappa shape index (κ2) is 8.38. The summed E-state index contributed by atoms with van der Waals surface area (Å²) in [6, 6.07) is 11.5. The number of nitrogens with zero attached hydrogens (tertiary/aromatic N) is 5. The van der Waals surface area contributed by atoms with Crippen LogP contribution in [0.25, 0.3) is 5.65 Å². The number of aliphatic imine (C=N–C) groups is 1. The molecule has 0 atom stereocenters. The molecule has 0 saturated heterocycles. The zero-order valence-electron chi connectivity index (χ0n) is 14.7. The van der Waals surface area contributed by atoms with Crippen molar-refractivity contribution in [3.05, 3.63) is 64.0 Å². The van der Waals surface area contributed by atoms with Crippen LogP contribution < -0.4 is 5.32 Å². The van der Waals surface area contributed by atoms with Crippen molar-refractivity contribution in [2.24, 2.45) is 4.99 Å². The van der Waals surface area contributed by atoms with Gasteiger partial charge in [0.25, 0.3) is 0 Å². The summed E-state index contributed by atoms with van der Waals surface area (Å²) in [4.78, 5) is 6.36. The minimum atomic E-state index is 0.555. The van der Waals surface area contributed by atoms with Crippen LogP contribution in [0.15, 0.2) is 47.6 Å². The van der Waals surface area contributed by atoms with Gasteiger partial charge in [-0.05, 0) is 29.8 Å². The largest absolute Gasteiger partial charge is 0.356 e. The molecule has 0 fully saturated rings. The molecule has 2 aromatic heterocycles. The van der Waals surface area contributed by atoms with Crippen LogP contribution in [0, 0.1) is 0 Å². The molecule has 2 heterocycles. The fourth-order valence-corrected chi connectivity index (χ4v) is 3.04. The third-order valence-corrected chi connectivity index (χ3v) is 4.73. The Morgan fingerprint density at radius 1 is 1.19 bits per heavy atom. The molecule has 0 saturated carbocycles. The Labute approximate surface area is 162 Å². The van der Waals surface area contributed by atoms with Crippen LogP contribution in [-0.2, 0) is 13.0 Å². The first-order chi connectivity index (χ1) is 12.6. The molecule has 0 aliphatic carbocycles. The Kier molecular flexibility index (Phi) is 5.96. The third kappa shape index (κ3) is 4.26. The monoisotopic (exact) mass is 390 g/mol. The minimum Gasteiger partial charge on any atom is -0.356 e. The van der Waals surface area contributed by atoms with Crippen molar-refractivity contribution in [1.29, 1.82) is 0 Å². The van der Waals surface area contributed by atoms with Gasteiger partial charge in [-0.15, -0.1) is 10.2 Å². The number of halogens is 2. The molecule has 0 unspecified atom stereocenters. The van der Waals surface area contributed by atoms with Gasteiger partial charge in [0.05, 0.1) is 10.0 Å². The molecule has 0 spiro atoms. The van der Waals surface area contributed by atoms with E-state index in [0.717, 1.165) is 29.4 Å². The second-order valence-corrected chi connectivity index (χ2v) is 6.69. The lowest BCUT2D eigenvalue weighted by Crippen LogP contribution is -2.39. The summed E-state index contributed by atoms with van der Waals surface area (Å²) in [7, 11) is 3.74. The SMILES string of the molecule is CN=C(NCCc1nnc2ccccn12)N(C)Cc1ccc(Cl)c(Cl)c1. The van der Waals surface area contributed by atoms with Crippen molar-refractivity contribution in [3.63, 3.8) is 0 Å². The van der Waals surface area contributed by atoms with Gasteiger partial charge in [0.2, 0.25) is 0 Å². The third-order valence-electron chi connectivity index (χ3n) is 3.99. The van der Waals surface area contributed by atoms with E-state index in [1.807, 2.05) is 52.9 Å². The number of hydrogen-bond acceptors (Lipinski definition) is 3. The summed E-state index contributed by atoms with van der Waals surface area (Å²) in [6.45, 7) is 1.37. The predicted molar refractivity (Wildman–Crippen MR) is 106 cm³/mol. The van der Waals surface area contributed by atoms with Crippen molar-refractivity contribution >= 4 is 34.8 Å². The lowest BCUT2D eigenvalue weighted by atomic mass is 10.2. The summed E-state index contributed by atoms with van der Waals surface area (Å²) >= 11 is 12.1. The van der Waals surface area contributed by atoms with E-state index in [9.17, 15) is 0 Å². The zero-order valence-corrected chi connectivity index (χ0v) is 16.2. The highest BCUT2D eigenvalue weighted by Gasteiger charge is 2.09. The van der Waals surface area contributed by atoms with Crippen LogP contribution in [0.4, 0.5) is 0 Å². The first kappa shape index (κ1) is 18.5. The van der Waals surface area contributed by atoms with E-state index in [4.69, 9.17) is 23.2 Å². The maximum atomic E-state index is 6.09. The lowest BCUT2D eigenvalue weighted by Gasteiger charge is -2.22. The molecule has 0 aliphatic rings. The predicted octanol–water partition coefficient (Wildman–Crippen LogP) is 3.29. The fourth-order valence-electron chi connectivity index (χ4n) is 2.72. The van der Waals surface area contributed by atoms with Crippen LogP contribution in [0.3, 0.4) is 0 Å². The highest BCUT2D eigenvalue weighted by molar-refractivity contribution is 6.42. The zero-order chi connectivity index (χ0) is 18.5. The number of pyridine rings is 1. The summed E-state index contributed by atoms with van der Waals surface area (Å²) in [5.74, 6) is 1.71. The molecule has 0 bridgehead atoms. The van der Waals surface area contributed by atoms with E-state index in [2.05, 4.69) is 20.5 Å². The topological polar surface area (TPSA) is 57.8 Å². The average Bonchev–Trinajstić information content (AvgIpc) is 3.05. The van der Waals surface area contributed by atoms with Crippen LogP contribution in [0.5, 0.6) is 0 Å². The van der Waals surface area contributed by atoms with Crippen LogP contribution in [0.2, 0.25) is 10.0 Å². The van der Waals surface area contributed by atoms with Crippen LogP contribution in [0.1, 0.15) is 11.4 Å². The average molecular weight is 391 g/mol. The Bertz CT molecular complexity index is 921. The van der Waals surface area contributed by atoms with Crippen molar-refractivity contribution in [2.45, 2.75) is 13.0 Å². The van der Waals surface area contributed by atoms with Gasteiger partial charge in [0.15, 0.2) is 11.6 Å². The first-order valence-corrected chi connectivity index (χ1v) is 8.98. The standard InChI is InChI=1S/C18H20Cl2N6/c1-21-18(25(2)12-13-6-7-14(19)15(20)11-13)22-9-8-17-24-23-16-5-3-4-10-26(16)17/h3-7,10-11H,8-9,12H2,1-2H3,(H,21,22). The number of hydrogen-bond donors (Lipinski definition) is 1. The van der Waals surface area contributed by atoms with Crippen LogP contribution in [-0.4, -0.2) is 46.1 Å². The molecule has 1 N–H and O–H groups in total. The van der Waals surface area contributed by atoms with Crippen molar-refractivity contribution < 1.29 is 0 Å². The minimum absolute atomic E-state index is 0.555. The first-order valence-electron chi connectivity index (χ1n) is 8.23. The van der Waals surface area contributed by atoms with Gasteiger partial charge in [-0.3, -0.25) is 9.39 Å². The molecular formula is C18H20Cl2N6. The highest BCUT2D eigenvalue weighted by Crippen LogP contribution is 2.23. The summed E-state index contributed by atoms with van der Waals surface area (Å²) in [5.41, 5.74) is 1.91. The molecule has 0 aliphatic heterocycles. The van der Waals surface area contributed by atoms with E-state index in [1.54, 1.807) is 13.1 Å². The number of rotatable bonds is 5. The molecule has 6 nitrogen and oxygen atoms in total. The lowest BCUT2D eigenvalue weighted by molar-refractivity contribution is 0.477. The molecule has 8 heteroatoms. The Morgan fingerprint density at radius 3 is 2.81 bits per heavy atom. The van der Waals surface area contributed by atoms with E-state index >= 15 is 0 Å². The maximum Gasteiger partial charge on any atom is 0.193 e. The van der Waals surface area contributed by atoms with Gasteiger partial charge < -0.3 is 10.2 Å². The van der Waals surface area contributed by atoms with Gasteiger partial charge in [-0.1, -0.05) is 35.3 Å². The quantitative estimate of drug-likeness (QED) is 0.536. The molecule has 3 aromatic rings. The van der Waals surface area contributed by atoms with Gasteiger partial charge in [-0.25, -0.2) is 0 Å². The van der Waals surface area contributed by atoms with E-state index in [1.165, 1.54) is 0 Å². The number of nitrogens with one attached hydrogen (secondary N) is 1. The number of guanidine groups is 1. The van der Waals surface area contributed by atoms with Crippen molar-refractivity contribution in [2.75, 3.05) is 20.6 Å². The fraction of sp³-hybridized carbons (Fsp3) is 0.278. The van der Waals surface area contributed by atoms with Gasteiger partial charge in [0, 0.05) is 39.8 Å². The van der Waals surface area contributed by atoms with E-state index in [0.29, 0.717) is 23.1 Å². The van der Waals surface area contributed by atoms with Crippen molar-refractivity contribution in [1.82, 2.24) is 24.8 Å². The van der Waals surface area contributed by atoms with Gasteiger partial charge in [0.1, 0.15) is 5.82 Å². The van der Waals surface area contributed by atoms with Crippen molar-refractivity contribution in [3.8, 4) is 0 Å². The molecule has 136 valence electrons. The van der Waals surface area contributed by atoms with E-state index < -0.39 is 0 Å². The molecule has 3 rings (SSSR count). The summed E-state index contributed by atoms with van der Waals surface area (Å²) in [6.07, 6.45) is 2.71. The molecule has 0 radical (unpaired) electrons. The molecule has 0 amide bonds. The Morgan fingerprint density at radius 2 is 2.04 bits per heavy atom. The van der Waals surface area contributed by atoms with Gasteiger partial charge >= 0.3 is 0 Å². The summed E-state index contributed by atoms with van der Waals surface area (Å²) < 4.78 is 1.99. The number of fused-ring (bicyclic) bond motifs is 1. The number of aromatic nitrogens is 3. The van der Waals surface area contributed by atoms with Crippen LogP contribution >= 0.6 is 23.2 Å².